The molecule has 2 aromatic heterocycles. The molecule has 0 spiro atoms. The molecule has 5 nitrogen and oxygen atoms in total. The predicted octanol–water partition coefficient (Wildman–Crippen LogP) is 16.8. The fourth-order valence-electron chi connectivity index (χ4n) is 8.82. The van der Waals surface area contributed by atoms with Crippen LogP contribution in [0.2, 0.25) is 0 Å². The van der Waals surface area contributed by atoms with E-state index in [4.69, 9.17) is 24.7 Å². The minimum atomic E-state index is -0.430. The molecule has 2 unspecified atom stereocenters. The van der Waals surface area contributed by atoms with E-state index in [1.165, 1.54) is 138 Å². The molecule has 0 bridgehead atoms. The van der Waals surface area contributed by atoms with E-state index < -0.39 is 12.2 Å². The van der Waals surface area contributed by atoms with Crippen LogP contribution in [0.1, 0.15) is 200 Å². The van der Waals surface area contributed by atoms with Crippen LogP contribution >= 0.6 is 0 Å². The van der Waals surface area contributed by atoms with Crippen molar-refractivity contribution < 1.29 is 4.74 Å². The Hall–Kier alpha value is -5.00. The van der Waals surface area contributed by atoms with Crippen molar-refractivity contribution in [1.82, 2.24) is 19.9 Å². The van der Waals surface area contributed by atoms with E-state index in [0.29, 0.717) is 0 Å². The highest BCUT2D eigenvalue weighted by Crippen LogP contribution is 2.37. The minimum Gasteiger partial charge on any atom is -0.356 e. The van der Waals surface area contributed by atoms with Crippen LogP contribution in [-0.2, 0) is 30.4 Å². The van der Waals surface area contributed by atoms with Crippen LogP contribution in [0.25, 0.3) is 22.8 Å². The molecular formula is C60H78N4O. The van der Waals surface area contributed by atoms with Crippen LogP contribution in [0.15, 0.2) is 122 Å². The van der Waals surface area contributed by atoms with Crippen LogP contribution in [0.5, 0.6) is 0 Å². The van der Waals surface area contributed by atoms with Gasteiger partial charge in [0, 0.05) is 47.0 Å². The highest BCUT2D eigenvalue weighted by atomic mass is 16.5. The largest absolute Gasteiger partial charge is 0.356 e. The number of ether oxygens (including phenoxy) is 1. The topological polar surface area (TPSA) is 60.8 Å². The summed E-state index contributed by atoms with van der Waals surface area (Å²) in [6, 6.07) is 35.6. The SMILES string of the molecule is CCCCCCCCc1ccc(C(OC(c2ccc(CCCCCCCC)cc2)c2cnc(-c3ccc(CCCCC)cc3)nc2)c2cnc(-c3ccc(CCCCC)cc3)nc2)cc1. The van der Waals surface area contributed by atoms with E-state index in [-0.39, 0.29) is 0 Å². The quantitative estimate of drug-likeness (QED) is 0.0422. The zero-order chi connectivity index (χ0) is 45.3. The van der Waals surface area contributed by atoms with Gasteiger partial charge in [0.2, 0.25) is 0 Å². The number of aryl methyl sites for hydroxylation is 4. The Kier molecular flexibility index (Phi) is 21.4. The molecule has 65 heavy (non-hydrogen) atoms. The second kappa shape index (κ2) is 28.1. The summed E-state index contributed by atoms with van der Waals surface area (Å²) in [5.74, 6) is 1.44. The van der Waals surface area contributed by atoms with Crippen molar-refractivity contribution in [2.75, 3.05) is 0 Å². The number of benzene rings is 4. The molecule has 0 saturated carbocycles. The van der Waals surface area contributed by atoms with Crippen molar-refractivity contribution in [2.24, 2.45) is 0 Å². The van der Waals surface area contributed by atoms with E-state index in [1.807, 2.05) is 24.8 Å². The second-order valence-electron chi connectivity index (χ2n) is 18.4. The molecule has 6 aromatic rings. The van der Waals surface area contributed by atoms with Gasteiger partial charge < -0.3 is 4.74 Å². The van der Waals surface area contributed by atoms with Gasteiger partial charge in [0.1, 0.15) is 12.2 Å². The highest BCUT2D eigenvalue weighted by Gasteiger charge is 2.25. The van der Waals surface area contributed by atoms with E-state index >= 15 is 0 Å². The van der Waals surface area contributed by atoms with Crippen molar-refractivity contribution in [1.29, 1.82) is 0 Å². The Balaban J connectivity index is 1.29. The Bertz CT molecular complexity index is 2000. The van der Waals surface area contributed by atoms with Gasteiger partial charge in [-0.1, -0.05) is 215 Å². The van der Waals surface area contributed by atoms with Crippen molar-refractivity contribution in [2.45, 2.75) is 181 Å². The molecule has 6 rings (SSSR count). The summed E-state index contributed by atoms with van der Waals surface area (Å²) in [6.07, 6.45) is 34.3. The second-order valence-corrected chi connectivity index (χ2v) is 18.4. The molecule has 0 radical (unpaired) electrons. The van der Waals surface area contributed by atoms with Gasteiger partial charge in [0.05, 0.1) is 0 Å². The molecule has 0 aliphatic carbocycles. The first kappa shape index (κ1) is 49.4. The Morgan fingerprint density at radius 1 is 0.308 bits per heavy atom. The van der Waals surface area contributed by atoms with E-state index in [0.717, 1.165) is 70.7 Å². The summed E-state index contributed by atoms with van der Waals surface area (Å²) < 4.78 is 7.40. The Labute approximate surface area is 393 Å². The standard InChI is InChI=1S/C60H78N4O/c1-5-9-13-15-17-21-25-49-27-35-51(36-28-49)57(55-43-61-59(62-44-55)53-39-31-47(32-40-53)23-19-11-7-3)65-58(52-37-29-50(30-38-52)26-22-18-16-14-10-6-2)56-45-63-60(64-46-56)54-41-33-48(34-42-54)24-20-12-8-4/h27-46,57-58H,5-26H2,1-4H3. The molecule has 0 fully saturated rings. The zero-order valence-corrected chi connectivity index (χ0v) is 40.5. The first-order valence-electron chi connectivity index (χ1n) is 25.7. The molecular weight excluding hydrogens is 793 g/mol. The lowest BCUT2D eigenvalue weighted by Crippen LogP contribution is -2.15. The van der Waals surface area contributed by atoms with E-state index in [9.17, 15) is 0 Å². The Morgan fingerprint density at radius 3 is 0.892 bits per heavy atom. The predicted molar refractivity (Wildman–Crippen MR) is 273 cm³/mol. The van der Waals surface area contributed by atoms with Gasteiger partial charge in [-0.15, -0.1) is 0 Å². The summed E-state index contributed by atoms with van der Waals surface area (Å²) in [7, 11) is 0. The van der Waals surface area contributed by atoms with Crippen LogP contribution in [-0.4, -0.2) is 19.9 Å². The average Bonchev–Trinajstić information content (AvgIpc) is 3.35. The van der Waals surface area contributed by atoms with Crippen LogP contribution in [0, 0.1) is 0 Å². The summed E-state index contributed by atoms with van der Waals surface area (Å²) in [6.45, 7) is 9.06. The van der Waals surface area contributed by atoms with Crippen molar-refractivity contribution in [3.63, 3.8) is 0 Å². The summed E-state index contributed by atoms with van der Waals surface area (Å²) in [5.41, 5.74) is 11.5. The maximum absolute atomic E-state index is 7.40. The van der Waals surface area contributed by atoms with Gasteiger partial charge in [-0.3, -0.25) is 0 Å². The molecule has 5 heteroatoms. The number of rotatable bonds is 30. The molecule has 0 amide bonds. The zero-order valence-electron chi connectivity index (χ0n) is 40.5. The van der Waals surface area contributed by atoms with Gasteiger partial charge in [0.15, 0.2) is 11.6 Å². The van der Waals surface area contributed by atoms with Gasteiger partial charge >= 0.3 is 0 Å². The minimum absolute atomic E-state index is 0.430. The molecule has 2 atom stereocenters. The first-order valence-corrected chi connectivity index (χ1v) is 25.7. The maximum atomic E-state index is 7.40. The van der Waals surface area contributed by atoms with Gasteiger partial charge in [0.25, 0.3) is 0 Å². The van der Waals surface area contributed by atoms with E-state index in [1.54, 1.807) is 0 Å². The number of hydrogen-bond donors (Lipinski definition) is 0. The third-order valence-corrected chi connectivity index (χ3v) is 13.0. The fourth-order valence-corrected chi connectivity index (χ4v) is 8.82. The number of unbranched alkanes of at least 4 members (excludes halogenated alkanes) is 14. The highest BCUT2D eigenvalue weighted by molar-refractivity contribution is 5.56. The lowest BCUT2D eigenvalue weighted by Gasteiger charge is -2.26. The molecule has 0 saturated heterocycles. The lowest BCUT2D eigenvalue weighted by atomic mass is 9.97. The monoisotopic (exact) mass is 871 g/mol. The van der Waals surface area contributed by atoms with Crippen molar-refractivity contribution >= 4 is 0 Å². The Morgan fingerprint density at radius 2 is 0.569 bits per heavy atom. The third kappa shape index (κ3) is 16.1. The number of hydrogen-bond acceptors (Lipinski definition) is 5. The number of nitrogens with zero attached hydrogens (tertiary/aromatic N) is 4. The summed E-state index contributed by atoms with van der Waals surface area (Å²) in [5, 5.41) is 0. The normalized spacial score (nSPS) is 12.4. The van der Waals surface area contributed by atoms with Crippen LogP contribution in [0.4, 0.5) is 0 Å². The molecule has 0 aliphatic rings. The maximum Gasteiger partial charge on any atom is 0.159 e. The van der Waals surface area contributed by atoms with Crippen molar-refractivity contribution in [3.05, 3.63) is 166 Å². The molecule has 344 valence electrons. The van der Waals surface area contributed by atoms with Gasteiger partial charge in [-0.05, 0) is 84.7 Å². The lowest BCUT2D eigenvalue weighted by molar-refractivity contribution is 0.0301. The summed E-state index contributed by atoms with van der Waals surface area (Å²) in [4.78, 5) is 19.8. The molecule has 0 N–H and O–H groups in total. The fraction of sp³-hybridized carbons (Fsp3) is 0.467. The number of aromatic nitrogens is 4. The summed E-state index contributed by atoms with van der Waals surface area (Å²) >= 11 is 0. The van der Waals surface area contributed by atoms with Gasteiger partial charge in [-0.25, -0.2) is 19.9 Å². The molecule has 2 heterocycles. The smallest absolute Gasteiger partial charge is 0.159 e. The molecule has 0 aliphatic heterocycles. The third-order valence-electron chi connectivity index (χ3n) is 13.0. The average molecular weight is 871 g/mol. The van der Waals surface area contributed by atoms with E-state index in [2.05, 4.69) is 125 Å². The van der Waals surface area contributed by atoms with Crippen molar-refractivity contribution in [3.8, 4) is 22.8 Å². The van der Waals surface area contributed by atoms with Crippen LogP contribution in [0.3, 0.4) is 0 Å². The molecule has 4 aromatic carbocycles. The van der Waals surface area contributed by atoms with Gasteiger partial charge in [-0.2, -0.15) is 0 Å². The van der Waals surface area contributed by atoms with Crippen LogP contribution < -0.4 is 0 Å². The first-order chi connectivity index (χ1) is 32.1.